The van der Waals surface area contributed by atoms with E-state index >= 15 is 0 Å². The fraction of sp³-hybridized carbons (Fsp3) is 0.545. The zero-order valence-corrected chi connectivity index (χ0v) is 18.5. The van der Waals surface area contributed by atoms with Crippen LogP contribution in [0.1, 0.15) is 52.3 Å². The van der Waals surface area contributed by atoms with Gasteiger partial charge in [-0.05, 0) is 50.3 Å². The molecule has 0 bridgehead atoms. The van der Waals surface area contributed by atoms with Crippen LogP contribution in [-0.4, -0.2) is 45.1 Å². The summed E-state index contributed by atoms with van der Waals surface area (Å²) in [5.74, 6) is 2.09. The van der Waals surface area contributed by atoms with Crippen LogP contribution in [0.2, 0.25) is 0 Å². The van der Waals surface area contributed by atoms with E-state index in [1.807, 2.05) is 11.3 Å². The number of rotatable bonds is 11. The molecule has 0 aliphatic carbocycles. The summed E-state index contributed by atoms with van der Waals surface area (Å²) in [7, 11) is 0. The maximum absolute atomic E-state index is 11.7. The molecule has 0 spiro atoms. The molecule has 0 saturated carbocycles. The van der Waals surface area contributed by atoms with Crippen LogP contribution in [0.5, 0.6) is 0 Å². The number of unbranched alkanes of at least 4 members (excludes halogenated alkanes) is 1. The Morgan fingerprint density at radius 1 is 1.10 bits per heavy atom. The Morgan fingerprint density at radius 3 is 2.67 bits per heavy atom. The Morgan fingerprint density at radius 2 is 1.90 bits per heavy atom. The lowest BCUT2D eigenvalue weighted by molar-refractivity contribution is -0.121. The Kier molecular flexibility index (Phi) is 7.43. The van der Waals surface area contributed by atoms with E-state index in [9.17, 15) is 4.79 Å². The number of nitrogens with one attached hydrogen (secondary N) is 3. The van der Waals surface area contributed by atoms with Gasteiger partial charge in [0.1, 0.15) is 5.82 Å². The predicted molar refractivity (Wildman–Crippen MR) is 122 cm³/mol. The second-order valence-corrected chi connectivity index (χ2v) is 8.08. The molecular weight excluding hydrogens is 378 g/mol. The fourth-order valence-corrected chi connectivity index (χ4v) is 3.40. The first-order valence-corrected chi connectivity index (χ1v) is 10.9. The van der Waals surface area contributed by atoms with Gasteiger partial charge in [0.25, 0.3) is 0 Å². The number of benzene rings is 1. The van der Waals surface area contributed by atoms with Gasteiger partial charge in [-0.2, -0.15) is 0 Å². The number of hydrogen-bond acceptors (Lipinski definition) is 6. The third-order valence-corrected chi connectivity index (χ3v) is 4.88. The summed E-state index contributed by atoms with van der Waals surface area (Å²) in [5, 5.41) is 18.4. The van der Waals surface area contributed by atoms with Crippen LogP contribution >= 0.6 is 0 Å². The third kappa shape index (κ3) is 5.37. The van der Waals surface area contributed by atoms with Crippen molar-refractivity contribution in [3.8, 4) is 0 Å². The average molecular weight is 412 g/mol. The number of aromatic nitrogens is 4. The summed E-state index contributed by atoms with van der Waals surface area (Å²) in [6.07, 6.45) is 3.49. The number of carbonyl (C=O) groups excluding carboxylic acids is 1. The highest BCUT2D eigenvalue weighted by molar-refractivity contribution is 5.85. The number of aryl methyl sites for hydroxylation is 1. The molecule has 2 heterocycles. The van der Waals surface area contributed by atoms with Crippen molar-refractivity contribution >= 4 is 34.1 Å². The second kappa shape index (κ2) is 10.2. The minimum absolute atomic E-state index is 0.127. The van der Waals surface area contributed by atoms with Gasteiger partial charge < -0.3 is 16.0 Å². The fourth-order valence-electron chi connectivity index (χ4n) is 3.40. The number of hydrogen-bond donors (Lipinski definition) is 3. The largest absolute Gasteiger partial charge is 0.385 e. The van der Waals surface area contributed by atoms with E-state index in [2.05, 4.69) is 65.1 Å². The van der Waals surface area contributed by atoms with Crippen LogP contribution in [0.3, 0.4) is 0 Å². The van der Waals surface area contributed by atoms with Gasteiger partial charge in [0.15, 0.2) is 5.82 Å². The van der Waals surface area contributed by atoms with Crippen LogP contribution in [0, 0.1) is 12.8 Å². The van der Waals surface area contributed by atoms with Crippen molar-refractivity contribution < 1.29 is 4.79 Å². The van der Waals surface area contributed by atoms with E-state index in [0.717, 1.165) is 66.4 Å². The molecule has 3 N–H and O–H groups in total. The Bertz CT molecular complexity index is 996. The van der Waals surface area contributed by atoms with Gasteiger partial charge in [0, 0.05) is 31.7 Å². The van der Waals surface area contributed by atoms with E-state index in [4.69, 9.17) is 4.98 Å². The van der Waals surface area contributed by atoms with Gasteiger partial charge in [-0.25, -0.2) is 4.98 Å². The monoisotopic (exact) mass is 411 g/mol. The lowest BCUT2D eigenvalue weighted by Crippen LogP contribution is -2.25. The highest BCUT2D eigenvalue weighted by Gasteiger charge is 2.13. The van der Waals surface area contributed by atoms with Crippen LogP contribution in [0.25, 0.3) is 16.7 Å². The molecule has 162 valence electrons. The molecule has 3 aromatic rings. The highest BCUT2D eigenvalue weighted by Crippen LogP contribution is 2.24. The van der Waals surface area contributed by atoms with Crippen molar-refractivity contribution in [3.05, 3.63) is 24.0 Å². The molecule has 0 aliphatic rings. The molecule has 3 rings (SSSR count). The normalized spacial score (nSPS) is 11.4. The molecule has 0 fully saturated rings. The second-order valence-electron chi connectivity index (χ2n) is 8.08. The molecule has 0 unspecified atom stereocenters. The predicted octanol–water partition coefficient (Wildman–Crippen LogP) is 3.76. The number of amides is 1. The standard InChI is InChI=1S/C22H33N7O/c1-5-10-23-17-8-9-19-18(14-17)26-21(22-28-27-16(4)29(19)22)25-12-7-6-11-24-20(30)13-15(2)3/h8-9,14-15,23H,5-7,10-13H2,1-4H3,(H,24,30)(H,25,26). The molecule has 1 amide bonds. The number of anilines is 2. The summed E-state index contributed by atoms with van der Waals surface area (Å²) >= 11 is 0. The molecule has 0 saturated heterocycles. The highest BCUT2D eigenvalue weighted by atomic mass is 16.1. The van der Waals surface area contributed by atoms with Gasteiger partial charge in [-0.3, -0.25) is 9.20 Å². The summed E-state index contributed by atoms with van der Waals surface area (Å²) in [6, 6.07) is 6.20. The van der Waals surface area contributed by atoms with Gasteiger partial charge >= 0.3 is 0 Å². The van der Waals surface area contributed by atoms with Crippen molar-refractivity contribution in [1.29, 1.82) is 0 Å². The van der Waals surface area contributed by atoms with Crippen molar-refractivity contribution in [2.45, 2.75) is 53.4 Å². The van der Waals surface area contributed by atoms with E-state index in [0.29, 0.717) is 18.9 Å². The van der Waals surface area contributed by atoms with Gasteiger partial charge in [-0.15, -0.1) is 10.2 Å². The van der Waals surface area contributed by atoms with Crippen molar-refractivity contribution in [1.82, 2.24) is 24.9 Å². The molecular formula is C22H33N7O. The first-order valence-electron chi connectivity index (χ1n) is 10.9. The first-order chi connectivity index (χ1) is 14.5. The van der Waals surface area contributed by atoms with Crippen LogP contribution in [0.4, 0.5) is 11.5 Å². The third-order valence-electron chi connectivity index (χ3n) is 4.88. The van der Waals surface area contributed by atoms with Gasteiger partial charge in [-0.1, -0.05) is 20.8 Å². The zero-order valence-electron chi connectivity index (χ0n) is 18.5. The van der Waals surface area contributed by atoms with E-state index < -0.39 is 0 Å². The molecule has 8 heteroatoms. The van der Waals surface area contributed by atoms with Gasteiger partial charge in [0.05, 0.1) is 11.0 Å². The van der Waals surface area contributed by atoms with Gasteiger partial charge in [0.2, 0.25) is 11.6 Å². The number of nitrogens with zero attached hydrogens (tertiary/aromatic N) is 4. The molecule has 30 heavy (non-hydrogen) atoms. The first kappa shape index (κ1) is 21.8. The lowest BCUT2D eigenvalue weighted by atomic mass is 10.1. The number of fused-ring (bicyclic) bond motifs is 3. The van der Waals surface area contributed by atoms with Crippen molar-refractivity contribution in [3.63, 3.8) is 0 Å². The quantitative estimate of drug-likeness (QED) is 0.416. The smallest absolute Gasteiger partial charge is 0.220 e. The summed E-state index contributed by atoms with van der Waals surface area (Å²) in [5.41, 5.74) is 3.69. The molecule has 1 aromatic carbocycles. The minimum atomic E-state index is 0.127. The summed E-state index contributed by atoms with van der Waals surface area (Å²) < 4.78 is 2.04. The average Bonchev–Trinajstić information content (AvgIpc) is 3.10. The van der Waals surface area contributed by atoms with E-state index in [1.54, 1.807) is 0 Å². The Labute approximate surface area is 177 Å². The summed E-state index contributed by atoms with van der Waals surface area (Å²) in [4.78, 5) is 16.5. The summed E-state index contributed by atoms with van der Waals surface area (Å²) in [6.45, 7) is 10.6. The Hall–Kier alpha value is -2.90. The number of carbonyl (C=O) groups is 1. The van der Waals surface area contributed by atoms with Crippen molar-refractivity contribution in [2.75, 3.05) is 30.3 Å². The molecule has 0 atom stereocenters. The Balaban J connectivity index is 1.66. The lowest BCUT2D eigenvalue weighted by Gasteiger charge is -2.12. The SMILES string of the molecule is CCCNc1ccc2c(c1)nc(NCCCCNC(=O)CC(C)C)c1nnc(C)n12. The van der Waals surface area contributed by atoms with Crippen LogP contribution in [0.15, 0.2) is 18.2 Å². The van der Waals surface area contributed by atoms with E-state index in [-0.39, 0.29) is 5.91 Å². The molecule has 2 aromatic heterocycles. The molecule has 8 nitrogen and oxygen atoms in total. The minimum Gasteiger partial charge on any atom is -0.385 e. The maximum atomic E-state index is 11.7. The van der Waals surface area contributed by atoms with Crippen molar-refractivity contribution in [2.24, 2.45) is 5.92 Å². The maximum Gasteiger partial charge on any atom is 0.220 e. The van der Waals surface area contributed by atoms with E-state index in [1.165, 1.54) is 0 Å². The zero-order chi connectivity index (χ0) is 21.5. The van der Waals surface area contributed by atoms with Crippen LogP contribution < -0.4 is 16.0 Å². The molecule has 0 radical (unpaired) electrons. The van der Waals surface area contributed by atoms with Crippen LogP contribution in [-0.2, 0) is 4.79 Å². The molecule has 0 aliphatic heterocycles. The topological polar surface area (TPSA) is 96.2 Å².